The molecule has 2 aromatic carbocycles. The van der Waals surface area contributed by atoms with E-state index in [2.05, 4.69) is 5.32 Å². The predicted octanol–water partition coefficient (Wildman–Crippen LogP) is 2.03. The number of nitrogens with zero attached hydrogens (tertiary/aromatic N) is 3. The summed E-state index contributed by atoms with van der Waals surface area (Å²) in [7, 11) is -3.39. The zero-order valence-corrected chi connectivity index (χ0v) is 17.1. The highest BCUT2D eigenvalue weighted by molar-refractivity contribution is 7.88. The highest BCUT2D eigenvalue weighted by Gasteiger charge is 2.30. The Morgan fingerprint density at radius 1 is 1.10 bits per heavy atom. The highest BCUT2D eigenvalue weighted by atomic mass is 32.2. The Bertz CT molecular complexity index is 994. The fraction of sp³-hybridized carbons (Fsp3) is 0.333. The van der Waals surface area contributed by atoms with Crippen LogP contribution in [0.5, 0.6) is 0 Å². The number of benzene rings is 2. The first-order valence-electron chi connectivity index (χ1n) is 9.46. The molecule has 0 aromatic heterocycles. The van der Waals surface area contributed by atoms with E-state index in [0.717, 1.165) is 5.56 Å². The average Bonchev–Trinajstić information content (AvgIpc) is 2.74. The highest BCUT2D eigenvalue weighted by Crippen LogP contribution is 2.16. The van der Waals surface area contributed by atoms with Crippen LogP contribution in [0.1, 0.15) is 18.1 Å². The van der Waals surface area contributed by atoms with Gasteiger partial charge in [0.05, 0.1) is 23.4 Å². The summed E-state index contributed by atoms with van der Waals surface area (Å²) in [5.74, 6) is -0.195. The van der Waals surface area contributed by atoms with Gasteiger partial charge >= 0.3 is 0 Å². The van der Waals surface area contributed by atoms with E-state index in [0.29, 0.717) is 37.4 Å². The molecule has 0 spiro atoms. The van der Waals surface area contributed by atoms with Crippen molar-refractivity contribution in [3.63, 3.8) is 0 Å². The van der Waals surface area contributed by atoms with Crippen LogP contribution in [-0.2, 0) is 20.6 Å². The summed E-state index contributed by atoms with van der Waals surface area (Å²) in [5, 5.41) is 11.8. The quantitative estimate of drug-likeness (QED) is 0.784. The molecule has 152 valence electrons. The zero-order valence-electron chi connectivity index (χ0n) is 16.3. The Balaban J connectivity index is 1.55. The van der Waals surface area contributed by atoms with Gasteiger partial charge in [0.25, 0.3) is 0 Å². The van der Waals surface area contributed by atoms with Crippen molar-refractivity contribution in [2.75, 3.05) is 31.5 Å². The first-order valence-corrected chi connectivity index (χ1v) is 11.1. The number of carbonyl (C=O) groups is 1. The van der Waals surface area contributed by atoms with E-state index in [1.54, 1.807) is 31.2 Å². The molecule has 0 aliphatic carbocycles. The van der Waals surface area contributed by atoms with Crippen LogP contribution in [-0.4, -0.2) is 55.8 Å². The van der Waals surface area contributed by atoms with Crippen molar-refractivity contribution in [1.82, 2.24) is 9.21 Å². The van der Waals surface area contributed by atoms with Crippen LogP contribution in [0.15, 0.2) is 54.6 Å². The molecule has 7 nitrogen and oxygen atoms in total. The van der Waals surface area contributed by atoms with E-state index in [4.69, 9.17) is 5.26 Å². The van der Waals surface area contributed by atoms with Gasteiger partial charge < -0.3 is 5.32 Å². The molecule has 1 aliphatic heterocycles. The van der Waals surface area contributed by atoms with Crippen molar-refractivity contribution >= 4 is 21.6 Å². The standard InChI is InChI=1S/C21H24N4O3S/c1-17(21(26)23-20-9-5-8-19(14-20)15-22)24-10-12-25(13-11-24)29(27,28)16-18-6-3-2-4-7-18/h2-9,14,17H,10-13,16H2,1H3,(H,23,26)/t17-/m0/s1. The third-order valence-corrected chi connectivity index (χ3v) is 6.89. The summed E-state index contributed by atoms with van der Waals surface area (Å²) in [6.07, 6.45) is 0. The molecular weight excluding hydrogens is 388 g/mol. The van der Waals surface area contributed by atoms with Crippen molar-refractivity contribution in [3.05, 3.63) is 65.7 Å². The summed E-state index contributed by atoms with van der Waals surface area (Å²) in [6, 6.07) is 17.5. The second-order valence-corrected chi connectivity index (χ2v) is 9.00. The summed E-state index contributed by atoms with van der Waals surface area (Å²) < 4.78 is 26.8. The smallest absolute Gasteiger partial charge is 0.241 e. The molecule has 1 atom stereocenters. The molecule has 1 fully saturated rings. The number of anilines is 1. The maximum Gasteiger partial charge on any atom is 0.241 e. The molecule has 1 heterocycles. The van der Waals surface area contributed by atoms with Gasteiger partial charge in [-0.1, -0.05) is 36.4 Å². The van der Waals surface area contributed by atoms with Crippen LogP contribution in [0.25, 0.3) is 0 Å². The lowest BCUT2D eigenvalue weighted by Crippen LogP contribution is -2.54. The summed E-state index contributed by atoms with van der Waals surface area (Å²) in [6.45, 7) is 3.49. The van der Waals surface area contributed by atoms with Crippen molar-refractivity contribution in [2.24, 2.45) is 0 Å². The van der Waals surface area contributed by atoms with Crippen molar-refractivity contribution < 1.29 is 13.2 Å². The number of sulfonamides is 1. The van der Waals surface area contributed by atoms with Gasteiger partial charge in [-0.3, -0.25) is 9.69 Å². The molecule has 2 aromatic rings. The molecule has 0 bridgehead atoms. The van der Waals surface area contributed by atoms with E-state index in [1.165, 1.54) is 4.31 Å². The molecule has 8 heteroatoms. The summed E-state index contributed by atoms with van der Waals surface area (Å²) in [4.78, 5) is 14.5. The maximum atomic E-state index is 12.7. The number of carbonyl (C=O) groups excluding carboxylic acids is 1. The Morgan fingerprint density at radius 2 is 1.79 bits per heavy atom. The van der Waals surface area contributed by atoms with E-state index in [-0.39, 0.29) is 11.7 Å². The third-order valence-electron chi connectivity index (χ3n) is 5.04. The molecule has 1 amide bonds. The monoisotopic (exact) mass is 412 g/mol. The van der Waals surface area contributed by atoms with Gasteiger partial charge in [-0.2, -0.15) is 9.57 Å². The minimum Gasteiger partial charge on any atom is -0.325 e. The van der Waals surface area contributed by atoms with Crippen LogP contribution in [0, 0.1) is 11.3 Å². The molecule has 1 N–H and O–H groups in total. The lowest BCUT2D eigenvalue weighted by molar-refractivity contribution is -0.121. The number of amides is 1. The number of rotatable bonds is 6. The van der Waals surface area contributed by atoms with Gasteiger partial charge in [-0.05, 0) is 30.7 Å². The van der Waals surface area contributed by atoms with Crippen LogP contribution >= 0.6 is 0 Å². The second kappa shape index (κ2) is 9.18. The van der Waals surface area contributed by atoms with Crippen molar-refractivity contribution in [1.29, 1.82) is 5.26 Å². The SMILES string of the molecule is C[C@@H](C(=O)Nc1cccc(C#N)c1)N1CCN(S(=O)(=O)Cc2ccccc2)CC1. The Hall–Kier alpha value is -2.73. The Kier molecular flexibility index (Phi) is 6.64. The number of piperazine rings is 1. The maximum absolute atomic E-state index is 12.7. The number of hydrogen-bond acceptors (Lipinski definition) is 5. The molecule has 29 heavy (non-hydrogen) atoms. The topological polar surface area (TPSA) is 93.5 Å². The predicted molar refractivity (Wildman–Crippen MR) is 111 cm³/mol. The Labute approximate surface area is 171 Å². The van der Waals surface area contributed by atoms with Gasteiger partial charge in [-0.15, -0.1) is 0 Å². The van der Waals surface area contributed by atoms with Crippen LogP contribution in [0.3, 0.4) is 0 Å². The van der Waals surface area contributed by atoms with Crippen molar-refractivity contribution in [3.8, 4) is 6.07 Å². The fourth-order valence-electron chi connectivity index (χ4n) is 3.32. The van der Waals surface area contributed by atoms with Gasteiger partial charge in [0.1, 0.15) is 0 Å². The van der Waals surface area contributed by atoms with Crippen LogP contribution in [0.2, 0.25) is 0 Å². The van der Waals surface area contributed by atoms with E-state index in [9.17, 15) is 13.2 Å². The Morgan fingerprint density at radius 3 is 2.45 bits per heavy atom. The largest absolute Gasteiger partial charge is 0.325 e. The molecule has 3 rings (SSSR count). The third kappa shape index (κ3) is 5.41. The molecule has 0 unspecified atom stereocenters. The van der Waals surface area contributed by atoms with Gasteiger partial charge in [0, 0.05) is 31.9 Å². The summed E-state index contributed by atoms with van der Waals surface area (Å²) >= 11 is 0. The minimum atomic E-state index is -3.39. The molecule has 0 radical (unpaired) electrons. The van der Waals surface area contributed by atoms with E-state index < -0.39 is 16.1 Å². The number of nitrogens with one attached hydrogen (secondary N) is 1. The first-order chi connectivity index (χ1) is 13.9. The molecule has 1 saturated heterocycles. The van der Waals surface area contributed by atoms with Crippen molar-refractivity contribution in [2.45, 2.75) is 18.7 Å². The fourth-order valence-corrected chi connectivity index (χ4v) is 4.84. The van der Waals surface area contributed by atoms with Gasteiger partial charge in [0.15, 0.2) is 0 Å². The lowest BCUT2D eigenvalue weighted by atomic mass is 10.2. The van der Waals surface area contributed by atoms with Gasteiger partial charge in [-0.25, -0.2) is 8.42 Å². The average molecular weight is 413 g/mol. The molecule has 0 saturated carbocycles. The normalized spacial score (nSPS) is 16.7. The summed E-state index contributed by atoms with van der Waals surface area (Å²) in [5.41, 5.74) is 1.82. The second-order valence-electron chi connectivity index (χ2n) is 7.03. The lowest BCUT2D eigenvalue weighted by Gasteiger charge is -2.36. The first kappa shape index (κ1) is 21.0. The number of nitriles is 1. The zero-order chi connectivity index (χ0) is 20.9. The molecular formula is C21H24N4O3S. The molecule has 1 aliphatic rings. The van der Waals surface area contributed by atoms with Gasteiger partial charge in [0.2, 0.25) is 15.9 Å². The van der Waals surface area contributed by atoms with Crippen LogP contribution < -0.4 is 5.32 Å². The minimum absolute atomic E-state index is 0.0148. The van der Waals surface area contributed by atoms with E-state index in [1.807, 2.05) is 41.3 Å². The van der Waals surface area contributed by atoms with Crippen LogP contribution in [0.4, 0.5) is 5.69 Å². The number of hydrogen-bond donors (Lipinski definition) is 1. The van der Waals surface area contributed by atoms with E-state index >= 15 is 0 Å².